The minimum atomic E-state index is -0.752. The maximum absolute atomic E-state index is 13.5. The number of imidazole rings is 1. The molecule has 5 nitrogen and oxygen atoms in total. The van der Waals surface area contributed by atoms with E-state index in [4.69, 9.17) is 0 Å². The molecule has 0 unspecified atom stereocenters. The normalized spacial score (nSPS) is 20.5. The molecule has 0 spiro atoms. The zero-order chi connectivity index (χ0) is 19.5. The van der Waals surface area contributed by atoms with Gasteiger partial charge in [-0.25, -0.2) is 9.37 Å². The fraction of sp³-hybridized carbons (Fsp3) is 0.364. The Labute approximate surface area is 163 Å². The highest BCUT2D eigenvalue weighted by atomic mass is 19.1. The number of rotatable bonds is 6. The predicted molar refractivity (Wildman–Crippen MR) is 105 cm³/mol. The molecule has 0 saturated carbocycles. The van der Waals surface area contributed by atoms with Crippen LogP contribution in [-0.2, 0) is 17.8 Å². The van der Waals surface area contributed by atoms with Gasteiger partial charge in [-0.1, -0.05) is 24.3 Å². The lowest BCUT2D eigenvalue weighted by Crippen LogP contribution is -2.41. The number of nitrogens with zero attached hydrogens (tertiary/aromatic N) is 2. The SMILES string of the molecule is O=C(O)C[C@@H]1CCN(Cc2cccc(F)c2)C[C@@H]1Cc1nc2ccccc2[nH]1. The van der Waals surface area contributed by atoms with Crippen molar-refractivity contribution in [3.05, 3.63) is 65.7 Å². The monoisotopic (exact) mass is 381 g/mol. The molecule has 2 heterocycles. The quantitative estimate of drug-likeness (QED) is 0.680. The van der Waals surface area contributed by atoms with Crippen molar-refractivity contribution in [1.29, 1.82) is 0 Å². The Balaban J connectivity index is 1.50. The second-order valence-corrected chi connectivity index (χ2v) is 7.68. The van der Waals surface area contributed by atoms with Gasteiger partial charge in [0.1, 0.15) is 11.6 Å². The third-order valence-electron chi connectivity index (χ3n) is 5.60. The summed E-state index contributed by atoms with van der Waals surface area (Å²) in [6, 6.07) is 14.6. The van der Waals surface area contributed by atoms with E-state index < -0.39 is 5.97 Å². The molecule has 1 aromatic heterocycles. The van der Waals surface area contributed by atoms with Crippen molar-refractivity contribution in [2.24, 2.45) is 11.8 Å². The number of carboxylic acids is 1. The summed E-state index contributed by atoms with van der Waals surface area (Å²) in [4.78, 5) is 21.7. The number of H-pyrrole nitrogens is 1. The highest BCUT2D eigenvalue weighted by Gasteiger charge is 2.31. The molecule has 6 heteroatoms. The van der Waals surface area contributed by atoms with Gasteiger partial charge in [0, 0.05) is 25.9 Å². The Bertz CT molecular complexity index is 938. The number of hydrogen-bond acceptors (Lipinski definition) is 3. The first-order valence-electron chi connectivity index (χ1n) is 9.69. The van der Waals surface area contributed by atoms with Crippen molar-refractivity contribution in [3.8, 4) is 0 Å². The van der Waals surface area contributed by atoms with Crippen LogP contribution in [-0.4, -0.2) is 39.0 Å². The summed E-state index contributed by atoms with van der Waals surface area (Å²) in [6.07, 6.45) is 1.72. The molecular formula is C22H24FN3O2. The van der Waals surface area contributed by atoms with E-state index in [0.29, 0.717) is 13.0 Å². The topological polar surface area (TPSA) is 69.2 Å². The van der Waals surface area contributed by atoms with Crippen LogP contribution in [0.3, 0.4) is 0 Å². The third kappa shape index (κ3) is 4.39. The van der Waals surface area contributed by atoms with Crippen LogP contribution in [0.25, 0.3) is 11.0 Å². The van der Waals surface area contributed by atoms with E-state index in [-0.39, 0.29) is 24.1 Å². The van der Waals surface area contributed by atoms with Crippen LogP contribution in [0, 0.1) is 17.7 Å². The van der Waals surface area contributed by atoms with E-state index in [1.165, 1.54) is 6.07 Å². The van der Waals surface area contributed by atoms with Gasteiger partial charge in [0.25, 0.3) is 0 Å². The molecule has 0 amide bonds. The second-order valence-electron chi connectivity index (χ2n) is 7.68. The summed E-state index contributed by atoms with van der Waals surface area (Å²) >= 11 is 0. The molecule has 146 valence electrons. The van der Waals surface area contributed by atoms with Gasteiger partial charge in [-0.05, 0) is 54.6 Å². The predicted octanol–water partition coefficient (Wildman–Crippen LogP) is 3.86. The number of benzene rings is 2. The van der Waals surface area contributed by atoms with E-state index in [1.807, 2.05) is 30.3 Å². The van der Waals surface area contributed by atoms with E-state index in [9.17, 15) is 14.3 Å². The summed E-state index contributed by atoms with van der Waals surface area (Å²) in [7, 11) is 0. The first-order valence-corrected chi connectivity index (χ1v) is 9.69. The summed E-state index contributed by atoms with van der Waals surface area (Å²) in [6.45, 7) is 2.28. The fourth-order valence-corrected chi connectivity index (χ4v) is 4.27. The maximum Gasteiger partial charge on any atom is 0.303 e. The molecule has 0 radical (unpaired) electrons. The standard InChI is InChI=1S/C22H24FN3O2/c23-18-5-3-4-15(10-18)13-26-9-8-16(12-22(27)28)17(14-26)11-21-24-19-6-1-2-7-20(19)25-21/h1-7,10,16-17H,8-9,11-14H2,(H,24,25)(H,27,28)/t16-,17-/m0/s1. The Morgan fingerprint density at radius 3 is 2.86 bits per heavy atom. The molecule has 28 heavy (non-hydrogen) atoms. The highest BCUT2D eigenvalue weighted by Crippen LogP contribution is 2.30. The number of para-hydroxylation sites is 2. The lowest BCUT2D eigenvalue weighted by atomic mass is 9.81. The number of nitrogens with one attached hydrogen (secondary N) is 1. The van der Waals surface area contributed by atoms with E-state index in [2.05, 4.69) is 14.9 Å². The molecule has 2 atom stereocenters. The molecule has 3 aromatic rings. The average Bonchev–Trinajstić information content (AvgIpc) is 3.06. The largest absolute Gasteiger partial charge is 0.481 e. The number of aliphatic carboxylic acids is 1. The van der Waals surface area contributed by atoms with Crippen LogP contribution in [0.15, 0.2) is 48.5 Å². The number of fused-ring (bicyclic) bond motifs is 1. The van der Waals surface area contributed by atoms with Crippen LogP contribution in [0.5, 0.6) is 0 Å². The molecule has 4 rings (SSSR count). The van der Waals surface area contributed by atoms with Gasteiger partial charge in [0.2, 0.25) is 0 Å². The molecule has 1 saturated heterocycles. The van der Waals surface area contributed by atoms with E-state index in [1.54, 1.807) is 12.1 Å². The number of piperidine rings is 1. The Morgan fingerprint density at radius 1 is 1.21 bits per heavy atom. The van der Waals surface area contributed by atoms with Gasteiger partial charge in [0.15, 0.2) is 0 Å². The van der Waals surface area contributed by atoms with E-state index in [0.717, 1.165) is 41.9 Å². The zero-order valence-corrected chi connectivity index (χ0v) is 15.6. The van der Waals surface area contributed by atoms with Crippen molar-refractivity contribution < 1.29 is 14.3 Å². The molecule has 0 bridgehead atoms. The summed E-state index contributed by atoms with van der Waals surface area (Å²) < 4.78 is 13.5. The minimum Gasteiger partial charge on any atom is -0.481 e. The van der Waals surface area contributed by atoms with Crippen LogP contribution >= 0.6 is 0 Å². The minimum absolute atomic E-state index is 0.120. The van der Waals surface area contributed by atoms with Gasteiger partial charge in [-0.3, -0.25) is 9.69 Å². The first kappa shape index (κ1) is 18.6. The molecule has 2 N–H and O–H groups in total. The van der Waals surface area contributed by atoms with Crippen LogP contribution in [0.2, 0.25) is 0 Å². The molecule has 0 aliphatic carbocycles. The van der Waals surface area contributed by atoms with Crippen molar-refractivity contribution in [3.63, 3.8) is 0 Å². The number of aromatic amines is 1. The van der Waals surface area contributed by atoms with Gasteiger partial charge < -0.3 is 10.1 Å². The fourth-order valence-electron chi connectivity index (χ4n) is 4.27. The van der Waals surface area contributed by atoms with Crippen LogP contribution in [0.4, 0.5) is 4.39 Å². The lowest BCUT2D eigenvalue weighted by Gasteiger charge is -2.38. The Morgan fingerprint density at radius 2 is 2.07 bits per heavy atom. The third-order valence-corrected chi connectivity index (χ3v) is 5.60. The second kappa shape index (κ2) is 8.10. The van der Waals surface area contributed by atoms with Gasteiger partial charge in [0.05, 0.1) is 11.0 Å². The Hall–Kier alpha value is -2.73. The van der Waals surface area contributed by atoms with Crippen LogP contribution < -0.4 is 0 Å². The summed E-state index contributed by atoms with van der Waals surface area (Å²) in [5.41, 5.74) is 2.87. The summed E-state index contributed by atoms with van der Waals surface area (Å²) in [5.74, 6) is 0.234. The van der Waals surface area contributed by atoms with Crippen molar-refractivity contribution in [1.82, 2.24) is 14.9 Å². The number of carbonyl (C=O) groups is 1. The van der Waals surface area contributed by atoms with Crippen molar-refractivity contribution >= 4 is 17.0 Å². The lowest BCUT2D eigenvalue weighted by molar-refractivity contribution is -0.139. The molecule has 1 fully saturated rings. The zero-order valence-electron chi connectivity index (χ0n) is 15.6. The molecule has 2 aromatic carbocycles. The Kier molecular flexibility index (Phi) is 5.39. The van der Waals surface area contributed by atoms with Gasteiger partial charge >= 0.3 is 5.97 Å². The number of halogens is 1. The first-order chi connectivity index (χ1) is 13.6. The van der Waals surface area contributed by atoms with E-state index >= 15 is 0 Å². The highest BCUT2D eigenvalue weighted by molar-refractivity contribution is 5.74. The smallest absolute Gasteiger partial charge is 0.303 e. The molecule has 1 aliphatic rings. The number of aromatic nitrogens is 2. The van der Waals surface area contributed by atoms with Crippen molar-refractivity contribution in [2.45, 2.75) is 25.8 Å². The van der Waals surface area contributed by atoms with Crippen LogP contribution in [0.1, 0.15) is 24.2 Å². The number of hydrogen-bond donors (Lipinski definition) is 2. The molecular weight excluding hydrogens is 357 g/mol. The number of carboxylic acid groups (broad SMARTS) is 1. The maximum atomic E-state index is 13.5. The van der Waals surface area contributed by atoms with Crippen molar-refractivity contribution in [2.75, 3.05) is 13.1 Å². The summed E-state index contributed by atoms with van der Waals surface area (Å²) in [5, 5.41) is 9.32. The molecule has 1 aliphatic heterocycles. The average molecular weight is 381 g/mol. The number of likely N-dealkylation sites (tertiary alicyclic amines) is 1. The van der Waals surface area contributed by atoms with Gasteiger partial charge in [-0.15, -0.1) is 0 Å². The van der Waals surface area contributed by atoms with Gasteiger partial charge in [-0.2, -0.15) is 0 Å².